The zero-order valence-corrected chi connectivity index (χ0v) is 24.1. The van der Waals surface area contributed by atoms with Gasteiger partial charge in [0.05, 0.1) is 20.8 Å². The van der Waals surface area contributed by atoms with Gasteiger partial charge in [0.25, 0.3) is 11.5 Å². The molecule has 0 aromatic carbocycles. The first-order chi connectivity index (χ1) is 20.6. The minimum Gasteiger partial charge on any atom is -0.490 e. The van der Waals surface area contributed by atoms with Crippen molar-refractivity contribution < 1.29 is 19.1 Å². The highest BCUT2D eigenvalue weighted by Gasteiger charge is 2.46. The minimum absolute atomic E-state index is 0.0176. The molecule has 0 radical (unpaired) electrons. The first-order valence-electron chi connectivity index (χ1n) is 13.9. The number of hydrogen-bond acceptors (Lipinski definition) is 13. The van der Waals surface area contributed by atoms with E-state index in [1.807, 2.05) is 0 Å². The second-order valence-corrected chi connectivity index (χ2v) is 10.9. The number of nitrogen functional groups attached to an aromatic ring is 2. The summed E-state index contributed by atoms with van der Waals surface area (Å²) in [6, 6.07) is 1.62. The maximum absolute atomic E-state index is 13.9. The van der Waals surface area contributed by atoms with Crippen LogP contribution < -0.4 is 42.5 Å². The molecule has 2 fully saturated rings. The predicted molar refractivity (Wildman–Crippen MR) is 156 cm³/mol. The molecule has 2 aliphatic heterocycles. The lowest BCUT2D eigenvalue weighted by molar-refractivity contribution is -0.117. The molecule has 5 heterocycles. The number of ether oxygens (including phenoxy) is 2. The number of amides is 2. The van der Waals surface area contributed by atoms with Crippen LogP contribution >= 0.6 is 0 Å². The van der Waals surface area contributed by atoms with E-state index in [1.165, 1.54) is 20.5 Å². The first kappa shape index (κ1) is 28.1. The van der Waals surface area contributed by atoms with Gasteiger partial charge >= 0.3 is 0 Å². The largest absolute Gasteiger partial charge is 0.490 e. The van der Waals surface area contributed by atoms with Crippen molar-refractivity contribution in [2.45, 2.75) is 44.8 Å². The number of anilines is 5. The number of hydrogen-bond donors (Lipinski definition) is 5. The number of methoxy groups -OCH3 is 2. The average Bonchev–Trinajstić information content (AvgIpc) is 3.78. The maximum Gasteiger partial charge on any atom is 0.276 e. The van der Waals surface area contributed by atoms with Crippen molar-refractivity contribution in [1.29, 1.82) is 0 Å². The van der Waals surface area contributed by atoms with Crippen LogP contribution in [0.1, 0.15) is 47.6 Å². The third-order valence-corrected chi connectivity index (χ3v) is 8.05. The van der Waals surface area contributed by atoms with Crippen molar-refractivity contribution in [3.63, 3.8) is 0 Å². The molecule has 6 rings (SSSR count). The fraction of sp³-hybridized carbons (Fsp3) is 0.444. The van der Waals surface area contributed by atoms with Gasteiger partial charge in [0.15, 0.2) is 23.3 Å². The van der Waals surface area contributed by atoms with Gasteiger partial charge in [0, 0.05) is 31.8 Å². The molecule has 1 spiro atoms. The summed E-state index contributed by atoms with van der Waals surface area (Å²) < 4.78 is 12.2. The van der Waals surface area contributed by atoms with Crippen molar-refractivity contribution >= 4 is 40.8 Å². The van der Waals surface area contributed by atoms with Crippen LogP contribution in [-0.2, 0) is 17.0 Å². The van der Waals surface area contributed by atoms with Gasteiger partial charge in [0.2, 0.25) is 17.4 Å². The topological polar surface area (TPSA) is 218 Å². The smallest absolute Gasteiger partial charge is 0.276 e. The summed E-state index contributed by atoms with van der Waals surface area (Å²) in [7, 11) is 2.88. The van der Waals surface area contributed by atoms with Crippen molar-refractivity contribution in [3.05, 3.63) is 39.8 Å². The number of nitrogens with zero attached hydrogens (tertiary/aromatic N) is 6. The van der Waals surface area contributed by atoms with Gasteiger partial charge in [-0.3, -0.25) is 23.9 Å². The van der Waals surface area contributed by atoms with E-state index in [1.54, 1.807) is 17.6 Å². The van der Waals surface area contributed by atoms with Gasteiger partial charge in [-0.15, -0.1) is 0 Å². The molecule has 16 heteroatoms. The Kier molecular flexibility index (Phi) is 7.00. The predicted octanol–water partition coefficient (Wildman–Crippen LogP) is 0.703. The van der Waals surface area contributed by atoms with Gasteiger partial charge < -0.3 is 36.9 Å². The summed E-state index contributed by atoms with van der Waals surface area (Å²) in [6.07, 6.45) is 3.87. The molecule has 0 atom stereocenters. The molecule has 43 heavy (non-hydrogen) atoms. The van der Waals surface area contributed by atoms with E-state index in [-0.39, 0.29) is 63.7 Å². The highest BCUT2D eigenvalue weighted by atomic mass is 16.5. The van der Waals surface area contributed by atoms with Crippen LogP contribution in [0.25, 0.3) is 0 Å². The molecule has 1 saturated carbocycles. The molecule has 3 aromatic rings. The lowest BCUT2D eigenvalue weighted by Gasteiger charge is -2.40. The van der Waals surface area contributed by atoms with E-state index in [0.717, 1.165) is 12.8 Å². The number of aromatic nitrogens is 5. The van der Waals surface area contributed by atoms with Crippen LogP contribution in [0, 0.1) is 12.8 Å². The Balaban J connectivity index is 1.24. The monoisotopic (exact) mass is 591 g/mol. The van der Waals surface area contributed by atoms with E-state index < -0.39 is 5.66 Å². The SMILES string of the molecule is COc1c(N)nc(CN2CCC3(CC2)NC(=O)c2c(C)cc(Nc4ncnc(N)c4OC)c(=O)n23)nc1NC(=O)C1CC1. The van der Waals surface area contributed by atoms with Gasteiger partial charge in [0.1, 0.15) is 29.2 Å². The Hall–Kier alpha value is -4.99. The number of fused-ring (bicyclic) bond motifs is 2. The van der Waals surface area contributed by atoms with Crippen LogP contribution in [0.5, 0.6) is 11.5 Å². The number of aryl methyl sites for hydroxylation is 1. The lowest BCUT2D eigenvalue weighted by Crippen LogP contribution is -2.54. The number of carbonyl (C=O) groups excluding carboxylic acids is 2. The normalized spacial score (nSPS) is 17.3. The standard InChI is InChI=1S/C27H33N11O5/c1-13-10-15(32-22-18(42-2)20(28)30-12-31-22)26(41)38-17(13)25(40)36-27(38)6-8-37(9-7-27)11-16-33-21(29)19(43-3)23(34-16)35-24(39)14-4-5-14/h10,12,14H,4-9,11H2,1-3H3,(H,36,40)(H3,28,30,31,32)(H3,29,33,34,35,39). The van der Waals surface area contributed by atoms with Crippen LogP contribution in [0.15, 0.2) is 17.2 Å². The van der Waals surface area contributed by atoms with Crippen LogP contribution in [-0.4, -0.2) is 68.5 Å². The third kappa shape index (κ3) is 5.03. The number of pyridine rings is 1. The molecule has 3 aromatic heterocycles. The molecule has 2 amide bonds. The molecule has 3 aliphatic rings. The van der Waals surface area contributed by atoms with E-state index in [2.05, 4.69) is 40.8 Å². The Bertz CT molecular complexity index is 1680. The van der Waals surface area contributed by atoms with Gasteiger partial charge in [-0.1, -0.05) is 0 Å². The van der Waals surface area contributed by atoms with E-state index in [4.69, 9.17) is 20.9 Å². The van der Waals surface area contributed by atoms with Crippen LogP contribution in [0.4, 0.5) is 29.0 Å². The average molecular weight is 592 g/mol. The highest BCUT2D eigenvalue weighted by molar-refractivity contribution is 5.97. The van der Waals surface area contributed by atoms with Crippen LogP contribution in [0.2, 0.25) is 0 Å². The lowest BCUT2D eigenvalue weighted by atomic mass is 9.96. The zero-order chi connectivity index (χ0) is 30.5. The summed E-state index contributed by atoms with van der Waals surface area (Å²) >= 11 is 0. The van der Waals surface area contributed by atoms with E-state index in [9.17, 15) is 14.4 Å². The molecular formula is C27H33N11O5. The Labute approximate surface area is 246 Å². The summed E-state index contributed by atoms with van der Waals surface area (Å²) in [4.78, 5) is 58.5. The van der Waals surface area contributed by atoms with E-state index >= 15 is 0 Å². The molecule has 7 N–H and O–H groups in total. The molecule has 0 unspecified atom stereocenters. The minimum atomic E-state index is -0.916. The second-order valence-electron chi connectivity index (χ2n) is 10.9. The Morgan fingerprint density at radius 1 is 1.07 bits per heavy atom. The van der Waals surface area contributed by atoms with Gasteiger partial charge in [-0.25, -0.2) is 19.9 Å². The molecule has 226 valence electrons. The Morgan fingerprint density at radius 3 is 2.44 bits per heavy atom. The van der Waals surface area contributed by atoms with Crippen LogP contribution in [0.3, 0.4) is 0 Å². The Morgan fingerprint density at radius 2 is 1.77 bits per heavy atom. The van der Waals surface area contributed by atoms with Crippen molar-refractivity contribution in [1.82, 2.24) is 34.7 Å². The second kappa shape index (κ2) is 10.7. The highest BCUT2D eigenvalue weighted by Crippen LogP contribution is 2.37. The summed E-state index contributed by atoms with van der Waals surface area (Å²) in [5.41, 5.74) is 11.9. The fourth-order valence-corrected chi connectivity index (χ4v) is 5.72. The van der Waals surface area contributed by atoms with E-state index in [0.29, 0.717) is 49.6 Å². The molecule has 1 aliphatic carbocycles. The molecular weight excluding hydrogens is 558 g/mol. The summed E-state index contributed by atoms with van der Waals surface area (Å²) in [5, 5.41) is 8.91. The quantitative estimate of drug-likeness (QED) is 0.244. The number of rotatable bonds is 8. The molecule has 0 bridgehead atoms. The zero-order valence-electron chi connectivity index (χ0n) is 24.1. The number of likely N-dealkylation sites (tertiary alicyclic amines) is 1. The summed E-state index contributed by atoms with van der Waals surface area (Å²) in [5.74, 6) is 1.16. The maximum atomic E-state index is 13.9. The molecule has 16 nitrogen and oxygen atoms in total. The van der Waals surface area contributed by atoms with Crippen molar-refractivity contribution in [2.24, 2.45) is 5.92 Å². The number of nitrogens with two attached hydrogens (primary N) is 2. The first-order valence-corrected chi connectivity index (χ1v) is 13.9. The van der Waals surface area contributed by atoms with Crippen molar-refractivity contribution in [3.8, 4) is 11.5 Å². The fourth-order valence-electron chi connectivity index (χ4n) is 5.72. The number of nitrogens with one attached hydrogen (secondary N) is 3. The van der Waals surface area contributed by atoms with Crippen molar-refractivity contribution in [2.75, 3.05) is 49.4 Å². The van der Waals surface area contributed by atoms with Gasteiger partial charge in [-0.05, 0) is 31.4 Å². The molecule has 1 saturated heterocycles. The number of carbonyl (C=O) groups is 2. The third-order valence-electron chi connectivity index (χ3n) is 8.05. The summed E-state index contributed by atoms with van der Waals surface area (Å²) in [6.45, 7) is 3.18. The number of piperidine rings is 1. The van der Waals surface area contributed by atoms with Gasteiger partial charge in [-0.2, -0.15) is 0 Å².